The maximum atomic E-state index is 11.0. The van der Waals surface area contributed by atoms with E-state index in [0.29, 0.717) is 21.4 Å². The molecule has 0 radical (unpaired) electrons. The number of aryl methyl sites for hydroxylation is 1. The van der Waals surface area contributed by atoms with Gasteiger partial charge in [0.1, 0.15) is 0 Å². The minimum absolute atomic E-state index is 0.0183. The average Bonchev–Trinajstić information content (AvgIpc) is 3.54. The molecule has 0 atom stereocenters. The van der Waals surface area contributed by atoms with Gasteiger partial charge in [-0.1, -0.05) is 0 Å². The first kappa shape index (κ1) is 21.8. The van der Waals surface area contributed by atoms with Crippen LogP contribution in [-0.2, 0) is 0 Å². The number of hydrogen-bond donors (Lipinski definition) is 1. The zero-order valence-corrected chi connectivity index (χ0v) is 21.1. The maximum absolute atomic E-state index is 11.0. The Labute approximate surface area is 212 Å². The Morgan fingerprint density at radius 1 is 1.09 bits per heavy atom. The summed E-state index contributed by atoms with van der Waals surface area (Å²) in [4.78, 5) is 20.2. The van der Waals surface area contributed by atoms with Crippen LogP contribution in [0, 0.1) is 17.0 Å². The first-order valence-electron chi connectivity index (χ1n) is 10.2. The summed E-state index contributed by atoms with van der Waals surface area (Å²) >= 11 is 7.40. The van der Waals surface area contributed by atoms with E-state index in [1.165, 1.54) is 23.5 Å². The van der Waals surface area contributed by atoms with Crippen LogP contribution in [-0.4, -0.2) is 49.2 Å². The Morgan fingerprint density at radius 2 is 1.86 bits per heavy atom. The molecule has 4 heterocycles. The van der Waals surface area contributed by atoms with E-state index in [1.807, 2.05) is 24.3 Å². The van der Waals surface area contributed by atoms with Gasteiger partial charge >= 0.3 is 213 Å². The third kappa shape index (κ3) is 3.86. The molecule has 4 aromatic heterocycles. The first-order valence-corrected chi connectivity index (χ1v) is 13.1. The molecule has 0 unspecified atom stereocenters. The molecule has 2 aromatic carbocycles. The molecule has 0 aliphatic heterocycles. The predicted octanol–water partition coefficient (Wildman–Crippen LogP) is 5.13. The topological polar surface area (TPSA) is 124 Å². The van der Waals surface area contributed by atoms with Crippen molar-refractivity contribution in [1.82, 2.24) is 29.8 Å². The summed E-state index contributed by atoms with van der Waals surface area (Å²) in [7, 11) is 0. The van der Waals surface area contributed by atoms with Crippen molar-refractivity contribution in [3.05, 3.63) is 75.6 Å². The number of nitro groups is 1. The summed E-state index contributed by atoms with van der Waals surface area (Å²) in [5.74, 6) is 1.27. The molecule has 6 rings (SSSR count). The van der Waals surface area contributed by atoms with Gasteiger partial charge in [-0.25, -0.2) is 0 Å². The summed E-state index contributed by atoms with van der Waals surface area (Å²) in [6.07, 6.45) is 1.57. The summed E-state index contributed by atoms with van der Waals surface area (Å²) in [6.45, 7) is 2.05. The number of fused-ring (bicyclic) bond motifs is 2. The van der Waals surface area contributed by atoms with Crippen LogP contribution in [0.2, 0.25) is 5.02 Å². The van der Waals surface area contributed by atoms with Crippen molar-refractivity contribution in [2.24, 2.45) is 0 Å². The molecular weight excluding hydrogens is 555 g/mol. The minimum atomic E-state index is -0.432. The molecule has 6 aromatic rings. The molecule has 172 valence electrons. The number of rotatable bonds is 5. The van der Waals surface area contributed by atoms with Gasteiger partial charge < -0.3 is 0 Å². The second-order valence-corrected chi connectivity index (χ2v) is 11.0. The van der Waals surface area contributed by atoms with Gasteiger partial charge in [0, 0.05) is 0 Å². The van der Waals surface area contributed by atoms with Gasteiger partial charge in [-0.05, 0) is 0 Å². The Kier molecular flexibility index (Phi) is 5.30. The van der Waals surface area contributed by atoms with Gasteiger partial charge in [-0.3, -0.25) is 0 Å². The Morgan fingerprint density at radius 3 is 2.60 bits per heavy atom. The normalized spacial score (nSPS) is 11.4. The van der Waals surface area contributed by atoms with E-state index in [-0.39, 0.29) is 20.2 Å². The van der Waals surface area contributed by atoms with E-state index >= 15 is 0 Å². The van der Waals surface area contributed by atoms with E-state index in [2.05, 4.69) is 32.4 Å². The Balaban J connectivity index is 1.40. The molecule has 0 bridgehead atoms. The summed E-state index contributed by atoms with van der Waals surface area (Å²) in [5, 5.41) is 30.1. The molecule has 0 spiro atoms. The predicted molar refractivity (Wildman–Crippen MR) is 136 cm³/mol. The first-order chi connectivity index (χ1) is 17.0. The van der Waals surface area contributed by atoms with Crippen LogP contribution in [0.15, 0.2) is 54.9 Å². The third-order valence-electron chi connectivity index (χ3n) is 5.36. The quantitative estimate of drug-likeness (QED) is 0.173. The van der Waals surface area contributed by atoms with Crippen molar-refractivity contribution in [3.63, 3.8) is 0 Å². The van der Waals surface area contributed by atoms with E-state index in [0.717, 1.165) is 36.3 Å². The fraction of sp³-hybridized carbons (Fsp3) is 0.0455. The van der Waals surface area contributed by atoms with Gasteiger partial charge in [-0.15, -0.1) is 0 Å². The zero-order valence-electron chi connectivity index (χ0n) is 17.8. The van der Waals surface area contributed by atoms with Crippen LogP contribution >= 0.6 is 22.9 Å². The number of nitro benzene ring substituents is 1. The number of anilines is 2. The molecule has 13 heteroatoms. The second kappa shape index (κ2) is 8.51. The van der Waals surface area contributed by atoms with Gasteiger partial charge in [0.05, 0.1) is 0 Å². The van der Waals surface area contributed by atoms with Crippen LogP contribution in [0.4, 0.5) is 17.2 Å². The van der Waals surface area contributed by atoms with Crippen molar-refractivity contribution in [1.29, 1.82) is 0 Å². The number of hydrogen-bond acceptors (Lipinski definition) is 9. The molecular formula is C22H13ClN8O2SSe. The van der Waals surface area contributed by atoms with Crippen LogP contribution < -0.4 is 5.32 Å². The van der Waals surface area contributed by atoms with E-state index in [9.17, 15) is 10.1 Å². The van der Waals surface area contributed by atoms with E-state index < -0.39 is 4.92 Å². The van der Waals surface area contributed by atoms with Crippen molar-refractivity contribution in [2.45, 2.75) is 6.92 Å². The van der Waals surface area contributed by atoms with Crippen molar-refractivity contribution >= 4 is 69.4 Å². The van der Waals surface area contributed by atoms with Crippen LogP contribution in [0.1, 0.15) is 5.56 Å². The number of aromatic nitrogens is 6. The summed E-state index contributed by atoms with van der Waals surface area (Å²) < 4.78 is 3.77. The van der Waals surface area contributed by atoms with Gasteiger partial charge in [-0.2, -0.15) is 0 Å². The molecule has 0 saturated heterocycles. The van der Waals surface area contributed by atoms with Gasteiger partial charge in [0.15, 0.2) is 0 Å². The van der Waals surface area contributed by atoms with Gasteiger partial charge in [0.2, 0.25) is 0 Å². The molecule has 35 heavy (non-hydrogen) atoms. The second-order valence-electron chi connectivity index (χ2n) is 7.52. The number of benzene rings is 2. The SMILES string of the molecule is Cc1c(-c2nn3c(-c4ccc([N+](=O)[O-])cc4)nnc3s2)[se]c2ncnc(Nc3ccc(Cl)cc3)c12. The van der Waals surface area contributed by atoms with Crippen LogP contribution in [0.5, 0.6) is 0 Å². The third-order valence-corrected chi connectivity index (χ3v) is 9.35. The number of non-ortho nitro benzene ring substituents is 1. The summed E-state index contributed by atoms with van der Waals surface area (Å²) in [5.41, 5.74) is 2.67. The Bertz CT molecular complexity index is 1730. The summed E-state index contributed by atoms with van der Waals surface area (Å²) in [6, 6.07) is 13.6. The molecule has 0 saturated carbocycles. The van der Waals surface area contributed by atoms with Crippen LogP contribution in [0.25, 0.3) is 35.6 Å². The fourth-order valence-corrected chi connectivity index (χ4v) is 7.26. The van der Waals surface area contributed by atoms with E-state index in [1.54, 1.807) is 23.0 Å². The molecule has 0 fully saturated rings. The average molecular weight is 568 g/mol. The van der Waals surface area contributed by atoms with Crippen molar-refractivity contribution in [2.75, 3.05) is 5.32 Å². The molecule has 0 aliphatic rings. The fourth-order valence-electron chi connectivity index (χ4n) is 3.66. The molecule has 0 aliphatic carbocycles. The molecule has 0 amide bonds. The van der Waals surface area contributed by atoms with Gasteiger partial charge in [0.25, 0.3) is 0 Å². The van der Waals surface area contributed by atoms with Crippen molar-refractivity contribution in [3.8, 4) is 20.8 Å². The molecule has 10 nitrogen and oxygen atoms in total. The van der Waals surface area contributed by atoms with Crippen molar-refractivity contribution < 1.29 is 4.92 Å². The number of nitrogens with one attached hydrogen (secondary N) is 1. The number of halogens is 1. The Hall–Kier alpha value is -3.70. The van der Waals surface area contributed by atoms with E-state index in [4.69, 9.17) is 16.7 Å². The van der Waals surface area contributed by atoms with Crippen LogP contribution in [0.3, 0.4) is 0 Å². The molecule has 1 N–H and O–H groups in total. The monoisotopic (exact) mass is 568 g/mol. The zero-order chi connectivity index (χ0) is 24.1. The standard InChI is InChI=1S/C22H13ClN8O2SSe/c1-11-16-18(26-14-6-4-13(23)5-7-14)24-10-25-21(16)35-17(11)20-29-30-19(27-28-22(30)34-20)12-2-8-15(9-3-12)31(32)33/h2-10H,1H3,(H,24,25,26). The number of nitrogens with zero attached hydrogens (tertiary/aromatic N) is 7.